The van der Waals surface area contributed by atoms with Crippen LogP contribution in [0.5, 0.6) is 11.5 Å². The maximum Gasteiger partial charge on any atom is 0.258 e. The molecule has 0 atom stereocenters. The van der Waals surface area contributed by atoms with E-state index in [4.69, 9.17) is 21.1 Å². The van der Waals surface area contributed by atoms with E-state index in [2.05, 4.69) is 26.6 Å². The molecule has 0 saturated carbocycles. The van der Waals surface area contributed by atoms with Crippen molar-refractivity contribution >= 4 is 39.1 Å². The van der Waals surface area contributed by atoms with Crippen LogP contribution >= 0.6 is 27.5 Å². The molecule has 0 aliphatic rings. The number of halogens is 2. The minimum atomic E-state index is -0.315. The summed E-state index contributed by atoms with van der Waals surface area (Å²) in [5.41, 5.74) is 1.53. The Balaban J connectivity index is 2.05. The first-order valence-electron chi connectivity index (χ1n) is 8.47. The van der Waals surface area contributed by atoms with E-state index in [1.165, 1.54) is 0 Å². The third kappa shape index (κ3) is 6.96. The van der Waals surface area contributed by atoms with Gasteiger partial charge in [0.2, 0.25) is 0 Å². The summed E-state index contributed by atoms with van der Waals surface area (Å²) in [6, 6.07) is 11.4. The SMILES string of the molecule is COc1cc(CNc2ccc(Br)cc2)c(Cl)cc1OCC(=O)NC(C)(C)C. The number of hydrogen-bond acceptors (Lipinski definition) is 4. The molecular weight excluding hydrogens is 432 g/mol. The first-order valence-corrected chi connectivity index (χ1v) is 9.64. The van der Waals surface area contributed by atoms with Crippen LogP contribution < -0.4 is 20.1 Å². The summed E-state index contributed by atoms with van der Waals surface area (Å²) in [5.74, 6) is 0.746. The second-order valence-electron chi connectivity index (χ2n) is 7.04. The zero-order valence-corrected chi connectivity index (χ0v) is 18.2. The van der Waals surface area contributed by atoms with E-state index in [1.54, 1.807) is 13.2 Å². The summed E-state index contributed by atoms with van der Waals surface area (Å²) in [4.78, 5) is 11.9. The van der Waals surface area contributed by atoms with Gasteiger partial charge in [0.05, 0.1) is 7.11 Å². The Morgan fingerprint density at radius 1 is 1.15 bits per heavy atom. The van der Waals surface area contributed by atoms with Crippen molar-refractivity contribution in [1.82, 2.24) is 5.32 Å². The molecule has 146 valence electrons. The van der Waals surface area contributed by atoms with Crippen LogP contribution in [0.3, 0.4) is 0 Å². The van der Waals surface area contributed by atoms with E-state index in [0.717, 1.165) is 15.7 Å². The average Bonchev–Trinajstić information content (AvgIpc) is 2.59. The number of benzene rings is 2. The van der Waals surface area contributed by atoms with E-state index in [9.17, 15) is 4.79 Å². The lowest BCUT2D eigenvalue weighted by Crippen LogP contribution is -2.43. The maximum atomic E-state index is 11.9. The fraction of sp³-hybridized carbons (Fsp3) is 0.350. The molecule has 0 heterocycles. The van der Waals surface area contributed by atoms with Crippen LogP contribution in [0.25, 0.3) is 0 Å². The molecule has 7 heteroatoms. The summed E-state index contributed by atoms with van der Waals surface area (Å²) in [5, 5.41) is 6.69. The highest BCUT2D eigenvalue weighted by Crippen LogP contribution is 2.33. The fourth-order valence-electron chi connectivity index (χ4n) is 2.35. The van der Waals surface area contributed by atoms with Crippen molar-refractivity contribution in [2.45, 2.75) is 32.9 Å². The first-order chi connectivity index (χ1) is 12.7. The lowest BCUT2D eigenvalue weighted by Gasteiger charge is -2.21. The minimum Gasteiger partial charge on any atom is -0.493 e. The molecule has 5 nitrogen and oxygen atoms in total. The quantitative estimate of drug-likeness (QED) is 0.616. The highest BCUT2D eigenvalue weighted by molar-refractivity contribution is 9.10. The van der Waals surface area contributed by atoms with Gasteiger partial charge in [-0.05, 0) is 56.7 Å². The number of ether oxygens (including phenoxy) is 2. The van der Waals surface area contributed by atoms with Gasteiger partial charge in [-0.1, -0.05) is 27.5 Å². The highest BCUT2D eigenvalue weighted by atomic mass is 79.9. The van der Waals surface area contributed by atoms with E-state index in [-0.39, 0.29) is 18.1 Å². The largest absolute Gasteiger partial charge is 0.493 e. The van der Waals surface area contributed by atoms with Gasteiger partial charge in [-0.2, -0.15) is 0 Å². The Labute approximate surface area is 173 Å². The second-order valence-corrected chi connectivity index (χ2v) is 8.36. The Hall–Kier alpha value is -1.92. The average molecular weight is 456 g/mol. The van der Waals surface area contributed by atoms with Gasteiger partial charge in [-0.25, -0.2) is 0 Å². The highest BCUT2D eigenvalue weighted by Gasteiger charge is 2.16. The molecule has 0 fully saturated rings. The molecule has 0 aromatic heterocycles. The molecule has 0 unspecified atom stereocenters. The lowest BCUT2D eigenvalue weighted by atomic mass is 10.1. The molecule has 0 saturated heterocycles. The van der Waals surface area contributed by atoms with E-state index >= 15 is 0 Å². The zero-order chi connectivity index (χ0) is 20.0. The summed E-state index contributed by atoms with van der Waals surface area (Å²) >= 11 is 9.80. The molecule has 1 amide bonds. The van der Waals surface area contributed by atoms with Crippen LogP contribution in [-0.4, -0.2) is 25.2 Å². The molecule has 0 aliphatic heterocycles. The molecule has 2 N–H and O–H groups in total. The van der Waals surface area contributed by atoms with Crippen LogP contribution in [0.2, 0.25) is 5.02 Å². The predicted molar refractivity (Wildman–Crippen MR) is 113 cm³/mol. The van der Waals surface area contributed by atoms with Crippen LogP contribution in [0.4, 0.5) is 5.69 Å². The van der Waals surface area contributed by atoms with Gasteiger partial charge in [0, 0.05) is 33.3 Å². The van der Waals surface area contributed by atoms with Crippen molar-refractivity contribution in [1.29, 1.82) is 0 Å². The monoisotopic (exact) mass is 454 g/mol. The van der Waals surface area contributed by atoms with Crippen molar-refractivity contribution in [3.05, 3.63) is 51.5 Å². The normalized spacial score (nSPS) is 11.0. The van der Waals surface area contributed by atoms with Crippen molar-refractivity contribution in [3.63, 3.8) is 0 Å². The van der Waals surface area contributed by atoms with Crippen LogP contribution in [0.15, 0.2) is 40.9 Å². The van der Waals surface area contributed by atoms with Crippen LogP contribution in [-0.2, 0) is 11.3 Å². The smallest absolute Gasteiger partial charge is 0.258 e. The molecular formula is C20H24BrClN2O3. The van der Waals surface area contributed by atoms with Crippen LogP contribution in [0, 0.1) is 0 Å². The summed E-state index contributed by atoms with van der Waals surface area (Å²) in [6.45, 7) is 6.16. The Morgan fingerprint density at radius 3 is 2.41 bits per heavy atom. The zero-order valence-electron chi connectivity index (χ0n) is 15.9. The van der Waals surface area contributed by atoms with Crippen molar-refractivity contribution in [2.75, 3.05) is 19.0 Å². The van der Waals surface area contributed by atoms with Gasteiger partial charge in [-0.3, -0.25) is 4.79 Å². The predicted octanol–water partition coefficient (Wildman–Crippen LogP) is 5.02. The molecule has 27 heavy (non-hydrogen) atoms. The summed E-state index contributed by atoms with van der Waals surface area (Å²) in [6.07, 6.45) is 0. The van der Waals surface area contributed by atoms with E-state index < -0.39 is 0 Å². The molecule has 2 aromatic rings. The van der Waals surface area contributed by atoms with E-state index in [0.29, 0.717) is 23.1 Å². The number of carbonyl (C=O) groups excluding carboxylic acids is 1. The first kappa shape index (κ1) is 21.4. The van der Waals surface area contributed by atoms with Gasteiger partial charge in [-0.15, -0.1) is 0 Å². The third-order valence-corrected chi connectivity index (χ3v) is 4.41. The number of anilines is 1. The van der Waals surface area contributed by atoms with Gasteiger partial charge in [0.25, 0.3) is 5.91 Å². The summed E-state index contributed by atoms with van der Waals surface area (Å²) in [7, 11) is 1.55. The van der Waals surface area contributed by atoms with Gasteiger partial charge in [0.1, 0.15) is 0 Å². The molecule has 2 rings (SSSR count). The van der Waals surface area contributed by atoms with Crippen molar-refractivity contribution < 1.29 is 14.3 Å². The molecule has 0 spiro atoms. The molecule has 0 aliphatic carbocycles. The lowest BCUT2D eigenvalue weighted by molar-refractivity contribution is -0.124. The number of carbonyl (C=O) groups is 1. The van der Waals surface area contributed by atoms with E-state index in [1.807, 2.05) is 51.1 Å². The van der Waals surface area contributed by atoms with Crippen molar-refractivity contribution in [2.24, 2.45) is 0 Å². The van der Waals surface area contributed by atoms with Gasteiger partial charge < -0.3 is 20.1 Å². The Bertz CT molecular complexity index is 789. The second kappa shape index (κ2) is 9.33. The molecule has 0 bridgehead atoms. The van der Waals surface area contributed by atoms with Crippen molar-refractivity contribution in [3.8, 4) is 11.5 Å². The Kier molecular flexibility index (Phi) is 7.39. The molecule has 0 radical (unpaired) electrons. The fourth-order valence-corrected chi connectivity index (χ4v) is 2.83. The number of nitrogens with one attached hydrogen (secondary N) is 2. The number of methoxy groups -OCH3 is 1. The molecule has 2 aromatic carbocycles. The number of hydrogen-bond donors (Lipinski definition) is 2. The summed E-state index contributed by atoms with van der Waals surface area (Å²) < 4.78 is 12.0. The Morgan fingerprint density at radius 2 is 1.81 bits per heavy atom. The number of rotatable bonds is 7. The topological polar surface area (TPSA) is 59.6 Å². The van der Waals surface area contributed by atoms with Gasteiger partial charge in [0.15, 0.2) is 18.1 Å². The minimum absolute atomic E-state index is 0.111. The maximum absolute atomic E-state index is 11.9. The van der Waals surface area contributed by atoms with Gasteiger partial charge >= 0.3 is 0 Å². The van der Waals surface area contributed by atoms with Crippen LogP contribution in [0.1, 0.15) is 26.3 Å². The standard InChI is InChI=1S/C20H24BrClN2O3/c1-20(2,3)24-19(25)12-27-18-10-16(22)13(9-17(18)26-4)11-23-15-7-5-14(21)6-8-15/h5-10,23H,11-12H2,1-4H3,(H,24,25). The number of amides is 1. The third-order valence-electron chi connectivity index (χ3n) is 3.53.